The van der Waals surface area contributed by atoms with E-state index in [1.165, 1.54) is 22.9 Å². The number of ether oxygens (including phenoxy) is 2. The summed E-state index contributed by atoms with van der Waals surface area (Å²) < 4.78 is 10.6. The SMILES string of the molecule is CCOC(=O)C(SCc1ccc(OC)cc1-c1ccc(C)cc1CBr)C(=O)C(C)C. The largest absolute Gasteiger partial charge is 0.497 e. The molecule has 162 valence electrons. The van der Waals surface area contributed by atoms with Gasteiger partial charge >= 0.3 is 5.97 Å². The highest BCUT2D eigenvalue weighted by atomic mass is 79.9. The Morgan fingerprint density at radius 1 is 1.07 bits per heavy atom. The molecule has 0 aliphatic rings. The molecular weight excluding hydrogens is 464 g/mol. The third-order valence-corrected chi connectivity index (χ3v) is 6.59. The van der Waals surface area contributed by atoms with Crippen molar-refractivity contribution >= 4 is 39.4 Å². The number of esters is 1. The zero-order valence-electron chi connectivity index (χ0n) is 18.2. The highest BCUT2D eigenvalue weighted by Crippen LogP contribution is 2.35. The van der Waals surface area contributed by atoms with Gasteiger partial charge in [0.15, 0.2) is 11.0 Å². The monoisotopic (exact) mass is 492 g/mol. The van der Waals surface area contributed by atoms with Crippen molar-refractivity contribution < 1.29 is 19.1 Å². The fourth-order valence-corrected chi connectivity index (χ4v) is 4.82. The van der Waals surface area contributed by atoms with Crippen LogP contribution < -0.4 is 4.74 Å². The first-order valence-electron chi connectivity index (χ1n) is 9.97. The zero-order valence-corrected chi connectivity index (χ0v) is 20.6. The van der Waals surface area contributed by atoms with Crippen LogP contribution in [0.1, 0.15) is 37.5 Å². The Morgan fingerprint density at radius 2 is 1.80 bits per heavy atom. The fourth-order valence-electron chi connectivity index (χ4n) is 3.12. The standard InChI is InChI=1S/C24H29BrO4S/c1-6-29-24(27)23(22(26)15(2)3)30-14-17-8-9-19(28-5)12-21(17)20-10-7-16(4)11-18(20)13-25/h7-12,15,23H,6,13-14H2,1-5H3. The second-order valence-corrected chi connectivity index (χ2v) is 8.97. The van der Waals surface area contributed by atoms with E-state index in [4.69, 9.17) is 9.47 Å². The molecule has 0 heterocycles. The Balaban J connectivity index is 2.42. The van der Waals surface area contributed by atoms with Gasteiger partial charge in [0.2, 0.25) is 0 Å². The minimum atomic E-state index is -0.825. The molecule has 0 fully saturated rings. The van der Waals surface area contributed by atoms with Crippen molar-refractivity contribution in [2.45, 2.75) is 44.0 Å². The molecular formula is C24H29BrO4S. The van der Waals surface area contributed by atoms with Crippen LogP contribution in [0.5, 0.6) is 5.75 Å². The van der Waals surface area contributed by atoms with Crippen LogP contribution in [0.25, 0.3) is 11.1 Å². The average molecular weight is 493 g/mol. The van der Waals surface area contributed by atoms with Crippen LogP contribution in [0.4, 0.5) is 0 Å². The van der Waals surface area contributed by atoms with Crippen molar-refractivity contribution in [2.24, 2.45) is 5.92 Å². The lowest BCUT2D eigenvalue weighted by atomic mass is 9.95. The number of rotatable bonds is 10. The lowest BCUT2D eigenvalue weighted by molar-refractivity contribution is -0.145. The molecule has 0 bridgehead atoms. The summed E-state index contributed by atoms with van der Waals surface area (Å²) in [6.07, 6.45) is 0. The van der Waals surface area contributed by atoms with E-state index < -0.39 is 11.2 Å². The predicted octanol–water partition coefficient (Wildman–Crippen LogP) is 5.96. The molecule has 2 aromatic carbocycles. The molecule has 0 N–H and O–H groups in total. The van der Waals surface area contributed by atoms with Gasteiger partial charge in [-0.1, -0.05) is 59.6 Å². The maximum Gasteiger partial charge on any atom is 0.326 e. The topological polar surface area (TPSA) is 52.6 Å². The van der Waals surface area contributed by atoms with Crippen LogP contribution in [-0.2, 0) is 25.4 Å². The number of carbonyl (C=O) groups excluding carboxylic acids is 2. The van der Waals surface area contributed by atoms with Crippen molar-refractivity contribution in [3.8, 4) is 16.9 Å². The first-order valence-corrected chi connectivity index (χ1v) is 12.1. The molecule has 0 radical (unpaired) electrons. The number of alkyl halides is 1. The third kappa shape index (κ3) is 6.11. The highest BCUT2D eigenvalue weighted by Gasteiger charge is 2.30. The van der Waals surface area contributed by atoms with Gasteiger partial charge < -0.3 is 9.47 Å². The molecule has 1 unspecified atom stereocenters. The number of ketones is 1. The van der Waals surface area contributed by atoms with Gasteiger partial charge in [-0.3, -0.25) is 9.59 Å². The molecule has 0 amide bonds. The molecule has 0 aliphatic carbocycles. The second kappa shape index (κ2) is 11.6. The smallest absolute Gasteiger partial charge is 0.326 e. The summed E-state index contributed by atoms with van der Waals surface area (Å²) in [6, 6.07) is 12.3. The number of carbonyl (C=O) groups is 2. The molecule has 1 atom stereocenters. The second-order valence-electron chi connectivity index (χ2n) is 7.32. The van der Waals surface area contributed by atoms with Crippen molar-refractivity contribution in [1.82, 2.24) is 0 Å². The summed E-state index contributed by atoms with van der Waals surface area (Å²) in [5, 5.41) is -0.0981. The van der Waals surface area contributed by atoms with Gasteiger partial charge in [0.25, 0.3) is 0 Å². The zero-order chi connectivity index (χ0) is 22.3. The number of hydrogen-bond donors (Lipinski definition) is 0. The maximum absolute atomic E-state index is 12.6. The highest BCUT2D eigenvalue weighted by molar-refractivity contribution is 9.08. The van der Waals surface area contributed by atoms with Crippen LogP contribution in [-0.4, -0.2) is 30.7 Å². The summed E-state index contributed by atoms with van der Waals surface area (Å²) >= 11 is 4.91. The molecule has 2 aromatic rings. The Hall–Kier alpha value is -1.79. The van der Waals surface area contributed by atoms with Gasteiger partial charge in [-0.15, -0.1) is 11.8 Å². The lowest BCUT2D eigenvalue weighted by Crippen LogP contribution is -2.32. The Labute approximate surface area is 191 Å². The van der Waals surface area contributed by atoms with Crippen LogP contribution >= 0.6 is 27.7 Å². The van der Waals surface area contributed by atoms with Gasteiger partial charge in [0.1, 0.15) is 5.75 Å². The van der Waals surface area contributed by atoms with Crippen molar-refractivity contribution in [2.75, 3.05) is 13.7 Å². The van der Waals surface area contributed by atoms with Crippen molar-refractivity contribution in [3.63, 3.8) is 0 Å². The summed E-state index contributed by atoms with van der Waals surface area (Å²) in [5.74, 6) is 0.466. The van der Waals surface area contributed by atoms with Crippen LogP contribution in [0.3, 0.4) is 0 Å². The van der Waals surface area contributed by atoms with E-state index in [1.807, 2.05) is 32.0 Å². The van der Waals surface area contributed by atoms with Gasteiger partial charge in [-0.2, -0.15) is 0 Å². The van der Waals surface area contributed by atoms with Crippen LogP contribution in [0.15, 0.2) is 36.4 Å². The van der Waals surface area contributed by atoms with Gasteiger partial charge in [-0.05, 0) is 48.2 Å². The van der Waals surface area contributed by atoms with E-state index in [0.717, 1.165) is 27.8 Å². The predicted molar refractivity (Wildman–Crippen MR) is 127 cm³/mol. The van der Waals surface area contributed by atoms with E-state index in [2.05, 4.69) is 41.1 Å². The first kappa shape index (κ1) is 24.5. The molecule has 0 saturated carbocycles. The van der Waals surface area contributed by atoms with E-state index in [0.29, 0.717) is 5.75 Å². The number of halogens is 1. The Morgan fingerprint density at radius 3 is 2.40 bits per heavy atom. The van der Waals surface area contributed by atoms with E-state index in [9.17, 15) is 9.59 Å². The number of thioether (sulfide) groups is 1. The molecule has 2 rings (SSSR count). The third-order valence-electron chi connectivity index (χ3n) is 4.75. The Kier molecular flexibility index (Phi) is 9.43. The molecule has 0 spiro atoms. The minimum Gasteiger partial charge on any atom is -0.497 e. The minimum absolute atomic E-state index is 0.106. The lowest BCUT2D eigenvalue weighted by Gasteiger charge is -2.19. The number of benzene rings is 2. The number of aryl methyl sites for hydroxylation is 1. The first-order chi connectivity index (χ1) is 14.3. The quantitative estimate of drug-likeness (QED) is 0.232. The van der Waals surface area contributed by atoms with Crippen molar-refractivity contribution in [3.05, 3.63) is 53.1 Å². The number of Topliss-reactive ketones (excluding diaryl/α,β-unsaturated/α-hetero) is 1. The van der Waals surface area contributed by atoms with Gasteiger partial charge in [-0.25, -0.2) is 0 Å². The number of hydrogen-bond acceptors (Lipinski definition) is 5. The normalized spacial score (nSPS) is 12.0. The van der Waals surface area contributed by atoms with Crippen molar-refractivity contribution in [1.29, 1.82) is 0 Å². The molecule has 0 aromatic heterocycles. The molecule has 0 aliphatic heterocycles. The summed E-state index contributed by atoms with van der Waals surface area (Å²) in [5.41, 5.74) is 5.55. The molecule has 6 heteroatoms. The van der Waals surface area contributed by atoms with E-state index in [-0.39, 0.29) is 18.3 Å². The van der Waals surface area contributed by atoms with Gasteiger partial charge in [0.05, 0.1) is 13.7 Å². The summed E-state index contributed by atoms with van der Waals surface area (Å²) in [6.45, 7) is 7.69. The Bertz CT molecular complexity index is 895. The van der Waals surface area contributed by atoms with E-state index >= 15 is 0 Å². The average Bonchev–Trinajstić information content (AvgIpc) is 2.73. The van der Waals surface area contributed by atoms with Gasteiger partial charge in [0, 0.05) is 17.0 Å². The summed E-state index contributed by atoms with van der Waals surface area (Å²) in [7, 11) is 1.65. The molecule has 30 heavy (non-hydrogen) atoms. The maximum atomic E-state index is 12.6. The van der Waals surface area contributed by atoms with Crippen LogP contribution in [0, 0.1) is 12.8 Å². The molecule has 4 nitrogen and oxygen atoms in total. The number of methoxy groups -OCH3 is 1. The summed E-state index contributed by atoms with van der Waals surface area (Å²) in [4.78, 5) is 25.0. The fraction of sp³-hybridized carbons (Fsp3) is 0.417. The molecule has 0 saturated heterocycles. The van der Waals surface area contributed by atoms with E-state index in [1.54, 1.807) is 14.0 Å². The van der Waals surface area contributed by atoms with Crippen LogP contribution in [0.2, 0.25) is 0 Å².